The summed E-state index contributed by atoms with van der Waals surface area (Å²) >= 11 is 0. The zero-order valence-corrected chi connectivity index (χ0v) is 17.3. The second kappa shape index (κ2) is 8.81. The fourth-order valence-corrected chi connectivity index (χ4v) is 4.47. The van der Waals surface area contributed by atoms with Crippen LogP contribution in [0.25, 0.3) is 11.1 Å². The summed E-state index contributed by atoms with van der Waals surface area (Å²) in [5, 5.41) is 0. The van der Waals surface area contributed by atoms with E-state index < -0.39 is 23.3 Å². The van der Waals surface area contributed by atoms with Crippen molar-refractivity contribution in [1.29, 1.82) is 0 Å². The predicted octanol–water partition coefficient (Wildman–Crippen LogP) is 7.66. The van der Waals surface area contributed by atoms with Gasteiger partial charge in [0.05, 0.1) is 5.56 Å². The molecule has 31 heavy (non-hydrogen) atoms. The van der Waals surface area contributed by atoms with Gasteiger partial charge in [0, 0.05) is 0 Å². The van der Waals surface area contributed by atoms with E-state index in [2.05, 4.69) is 6.92 Å². The molecule has 3 aromatic carbocycles. The molecule has 1 atom stereocenters. The lowest BCUT2D eigenvalue weighted by Gasteiger charge is -2.27. The Morgan fingerprint density at radius 2 is 1.65 bits per heavy atom. The molecular weight excluding hydrogens is 407 g/mol. The second-order valence-corrected chi connectivity index (χ2v) is 8.21. The van der Waals surface area contributed by atoms with E-state index in [0.717, 1.165) is 43.0 Å². The van der Waals surface area contributed by atoms with Crippen molar-refractivity contribution in [3.05, 3.63) is 93.8 Å². The normalized spacial score (nSPS) is 15.7. The average molecular weight is 430 g/mol. The molecule has 1 aliphatic rings. The SMILES string of the molecule is CCCCc1ccc(C2CCc3c(cc(F)c(-c4ccc(F)c(F)c4)c3F)C2)c(F)c1. The van der Waals surface area contributed by atoms with Crippen LogP contribution in [-0.4, -0.2) is 0 Å². The largest absolute Gasteiger partial charge is 0.207 e. The molecule has 162 valence electrons. The molecule has 0 nitrogen and oxygen atoms in total. The standard InChI is InChI=1S/C26H23F5/c1-2-3-4-15-5-8-19(22(28)11-15)16-6-9-20-18(12-16)14-24(30)25(26(20)31)17-7-10-21(27)23(29)13-17/h5,7-8,10-11,13-14,16H,2-4,6,9,12H2,1H3. The van der Waals surface area contributed by atoms with Gasteiger partial charge in [-0.05, 0) is 90.1 Å². The van der Waals surface area contributed by atoms with E-state index in [-0.39, 0.29) is 22.9 Å². The van der Waals surface area contributed by atoms with E-state index >= 15 is 4.39 Å². The third kappa shape index (κ3) is 4.23. The Morgan fingerprint density at radius 1 is 0.839 bits per heavy atom. The van der Waals surface area contributed by atoms with Crippen molar-refractivity contribution in [1.82, 2.24) is 0 Å². The van der Waals surface area contributed by atoms with E-state index in [1.54, 1.807) is 12.1 Å². The number of hydrogen-bond donors (Lipinski definition) is 0. The Hall–Kier alpha value is -2.69. The van der Waals surface area contributed by atoms with Gasteiger partial charge in [0.15, 0.2) is 11.6 Å². The van der Waals surface area contributed by atoms with Crippen LogP contribution < -0.4 is 0 Å². The lowest BCUT2D eigenvalue weighted by molar-refractivity contribution is 0.504. The molecule has 0 amide bonds. The fraction of sp³-hybridized carbons (Fsp3) is 0.308. The van der Waals surface area contributed by atoms with E-state index in [0.29, 0.717) is 36.0 Å². The lowest BCUT2D eigenvalue weighted by Crippen LogP contribution is -2.17. The lowest BCUT2D eigenvalue weighted by atomic mass is 9.78. The predicted molar refractivity (Wildman–Crippen MR) is 111 cm³/mol. The average Bonchev–Trinajstić information content (AvgIpc) is 2.74. The maximum absolute atomic E-state index is 15.2. The third-order valence-corrected chi connectivity index (χ3v) is 6.15. The zero-order valence-electron chi connectivity index (χ0n) is 17.3. The maximum Gasteiger partial charge on any atom is 0.159 e. The second-order valence-electron chi connectivity index (χ2n) is 8.21. The van der Waals surface area contributed by atoms with Crippen LogP contribution in [0.3, 0.4) is 0 Å². The molecule has 1 aliphatic carbocycles. The summed E-state index contributed by atoms with van der Waals surface area (Å²) in [6.07, 6.45) is 4.02. The van der Waals surface area contributed by atoms with Crippen LogP contribution >= 0.6 is 0 Å². The summed E-state index contributed by atoms with van der Waals surface area (Å²) in [7, 11) is 0. The van der Waals surface area contributed by atoms with Crippen molar-refractivity contribution >= 4 is 0 Å². The van der Waals surface area contributed by atoms with Crippen molar-refractivity contribution < 1.29 is 22.0 Å². The molecule has 0 radical (unpaired) electrons. The van der Waals surface area contributed by atoms with Crippen LogP contribution in [0, 0.1) is 29.1 Å². The fourth-order valence-electron chi connectivity index (χ4n) is 4.47. The molecule has 0 saturated carbocycles. The molecule has 0 spiro atoms. The number of fused-ring (bicyclic) bond motifs is 1. The van der Waals surface area contributed by atoms with Crippen LogP contribution in [0.15, 0.2) is 42.5 Å². The highest BCUT2D eigenvalue weighted by atomic mass is 19.2. The number of benzene rings is 3. The Bertz CT molecular complexity index is 1120. The zero-order chi connectivity index (χ0) is 22.1. The van der Waals surface area contributed by atoms with Crippen molar-refractivity contribution in [2.45, 2.75) is 51.4 Å². The summed E-state index contributed by atoms with van der Waals surface area (Å²) in [4.78, 5) is 0. The molecule has 0 aliphatic heterocycles. The van der Waals surface area contributed by atoms with Gasteiger partial charge < -0.3 is 0 Å². The van der Waals surface area contributed by atoms with Gasteiger partial charge in [-0.3, -0.25) is 0 Å². The Morgan fingerprint density at radius 3 is 2.35 bits per heavy atom. The first-order chi connectivity index (χ1) is 14.9. The summed E-state index contributed by atoms with van der Waals surface area (Å²) < 4.78 is 71.5. The Labute approximate surface area is 178 Å². The minimum absolute atomic E-state index is 0.0486. The number of unbranched alkanes of at least 4 members (excludes halogenated alkanes) is 1. The van der Waals surface area contributed by atoms with Crippen LogP contribution in [0.2, 0.25) is 0 Å². The van der Waals surface area contributed by atoms with Crippen molar-refractivity contribution in [2.75, 3.05) is 0 Å². The molecular formula is C26H23F5. The van der Waals surface area contributed by atoms with Crippen molar-refractivity contribution in [3.63, 3.8) is 0 Å². The maximum atomic E-state index is 15.2. The van der Waals surface area contributed by atoms with E-state index in [9.17, 15) is 17.6 Å². The molecule has 0 saturated heterocycles. The van der Waals surface area contributed by atoms with Gasteiger partial charge in [-0.2, -0.15) is 0 Å². The van der Waals surface area contributed by atoms with E-state index in [1.807, 2.05) is 6.07 Å². The molecule has 0 heterocycles. The molecule has 0 N–H and O–H groups in total. The molecule has 5 heteroatoms. The smallest absolute Gasteiger partial charge is 0.159 e. The van der Waals surface area contributed by atoms with Crippen molar-refractivity contribution in [3.8, 4) is 11.1 Å². The topological polar surface area (TPSA) is 0 Å². The summed E-state index contributed by atoms with van der Waals surface area (Å²) in [5.74, 6) is -4.27. The monoisotopic (exact) mass is 430 g/mol. The summed E-state index contributed by atoms with van der Waals surface area (Å²) in [6.45, 7) is 2.08. The van der Waals surface area contributed by atoms with Crippen LogP contribution in [0.5, 0.6) is 0 Å². The summed E-state index contributed by atoms with van der Waals surface area (Å²) in [5.41, 5.74) is 1.96. The minimum Gasteiger partial charge on any atom is -0.207 e. The number of aryl methyl sites for hydroxylation is 1. The third-order valence-electron chi connectivity index (χ3n) is 6.15. The first-order valence-electron chi connectivity index (χ1n) is 10.6. The van der Waals surface area contributed by atoms with E-state index in [1.165, 1.54) is 6.07 Å². The van der Waals surface area contributed by atoms with Gasteiger partial charge in [-0.1, -0.05) is 31.5 Å². The van der Waals surface area contributed by atoms with E-state index in [4.69, 9.17) is 0 Å². The van der Waals surface area contributed by atoms with Gasteiger partial charge in [-0.25, -0.2) is 22.0 Å². The minimum atomic E-state index is -1.16. The molecule has 3 aromatic rings. The van der Waals surface area contributed by atoms with Gasteiger partial charge in [0.2, 0.25) is 0 Å². The first kappa shape index (κ1) is 21.5. The molecule has 4 rings (SSSR count). The molecule has 0 aromatic heterocycles. The van der Waals surface area contributed by atoms with Gasteiger partial charge >= 0.3 is 0 Å². The number of halogens is 5. The Balaban J connectivity index is 1.64. The van der Waals surface area contributed by atoms with Crippen LogP contribution in [-0.2, 0) is 19.3 Å². The number of rotatable bonds is 5. The quantitative estimate of drug-likeness (QED) is 0.365. The summed E-state index contributed by atoms with van der Waals surface area (Å²) in [6, 6.07) is 9.33. The van der Waals surface area contributed by atoms with Crippen LogP contribution in [0.1, 0.15) is 54.4 Å². The van der Waals surface area contributed by atoms with Gasteiger partial charge in [0.1, 0.15) is 17.5 Å². The van der Waals surface area contributed by atoms with Crippen molar-refractivity contribution in [2.24, 2.45) is 0 Å². The number of hydrogen-bond acceptors (Lipinski definition) is 0. The van der Waals surface area contributed by atoms with Gasteiger partial charge in [-0.15, -0.1) is 0 Å². The first-order valence-corrected chi connectivity index (χ1v) is 10.6. The molecule has 1 unspecified atom stereocenters. The molecule has 0 fully saturated rings. The van der Waals surface area contributed by atoms with Crippen LogP contribution in [0.4, 0.5) is 22.0 Å². The molecule has 0 bridgehead atoms. The van der Waals surface area contributed by atoms with Gasteiger partial charge in [0.25, 0.3) is 0 Å². The Kier molecular flexibility index (Phi) is 6.12. The highest BCUT2D eigenvalue weighted by Crippen LogP contribution is 2.39. The highest BCUT2D eigenvalue weighted by molar-refractivity contribution is 5.67. The highest BCUT2D eigenvalue weighted by Gasteiger charge is 2.28.